The Morgan fingerprint density at radius 2 is 1.92 bits per heavy atom. The third-order valence-corrected chi connectivity index (χ3v) is 2.20. The second kappa shape index (κ2) is 3.79. The Hall–Kier alpha value is -1.02. The van der Waals surface area contributed by atoms with Crippen molar-refractivity contribution in [3.63, 3.8) is 0 Å². The Labute approximate surface area is 79.8 Å². The molecule has 0 aromatic heterocycles. The molecule has 0 aliphatic rings. The lowest BCUT2D eigenvalue weighted by atomic mass is 10.1. The molecule has 1 unspecified atom stereocenters. The molecule has 1 rings (SSSR count). The first kappa shape index (κ1) is 10.1. The Kier molecular flexibility index (Phi) is 2.94. The van der Waals surface area contributed by atoms with Crippen LogP contribution in [0.4, 0.5) is 5.69 Å². The summed E-state index contributed by atoms with van der Waals surface area (Å²) >= 11 is 0. The molecule has 1 aromatic carbocycles. The number of aryl methyl sites for hydroxylation is 1. The van der Waals surface area contributed by atoms with E-state index in [0.29, 0.717) is 0 Å². The molecular weight excluding hydrogens is 162 g/mol. The zero-order valence-electron chi connectivity index (χ0n) is 8.70. The van der Waals surface area contributed by atoms with Gasteiger partial charge < -0.3 is 10.0 Å². The number of aliphatic hydroxyl groups excluding tert-OH is 1. The van der Waals surface area contributed by atoms with E-state index in [2.05, 4.69) is 11.8 Å². The third kappa shape index (κ3) is 2.22. The van der Waals surface area contributed by atoms with Crippen LogP contribution >= 0.6 is 0 Å². The number of hydrogen-bond donors (Lipinski definition) is 1. The van der Waals surface area contributed by atoms with Crippen LogP contribution in [-0.4, -0.2) is 19.2 Å². The van der Waals surface area contributed by atoms with Gasteiger partial charge in [0.25, 0.3) is 0 Å². The molecule has 0 spiro atoms. The highest BCUT2D eigenvalue weighted by molar-refractivity contribution is 5.54. The van der Waals surface area contributed by atoms with E-state index in [1.807, 2.05) is 32.3 Å². The van der Waals surface area contributed by atoms with Gasteiger partial charge in [0.05, 0.1) is 6.10 Å². The second-order valence-electron chi connectivity index (χ2n) is 3.62. The molecule has 0 aliphatic heterocycles. The zero-order valence-corrected chi connectivity index (χ0v) is 8.70. The number of aliphatic hydroxyl groups is 1. The molecule has 1 aromatic rings. The normalized spacial score (nSPS) is 12.7. The SMILES string of the molecule is Cc1ccc(C(C)O)cc1N(C)C. The minimum atomic E-state index is -0.390. The highest BCUT2D eigenvalue weighted by Crippen LogP contribution is 2.22. The van der Waals surface area contributed by atoms with Crippen LogP contribution in [0.3, 0.4) is 0 Å². The van der Waals surface area contributed by atoms with E-state index in [0.717, 1.165) is 5.56 Å². The van der Waals surface area contributed by atoms with Gasteiger partial charge in [0.2, 0.25) is 0 Å². The summed E-state index contributed by atoms with van der Waals surface area (Å²) in [5, 5.41) is 9.40. The van der Waals surface area contributed by atoms with Crippen molar-refractivity contribution in [2.24, 2.45) is 0 Å². The first-order valence-corrected chi connectivity index (χ1v) is 4.48. The first-order valence-electron chi connectivity index (χ1n) is 4.48. The fourth-order valence-corrected chi connectivity index (χ4v) is 1.37. The quantitative estimate of drug-likeness (QED) is 0.751. The molecule has 1 atom stereocenters. The standard InChI is InChI=1S/C11H17NO/c1-8-5-6-10(9(2)13)7-11(8)12(3)4/h5-7,9,13H,1-4H3. The molecule has 0 bridgehead atoms. The fourth-order valence-electron chi connectivity index (χ4n) is 1.37. The molecule has 0 aliphatic carbocycles. The molecule has 0 saturated heterocycles. The summed E-state index contributed by atoms with van der Waals surface area (Å²) in [5.41, 5.74) is 3.36. The predicted molar refractivity (Wildman–Crippen MR) is 56.1 cm³/mol. The van der Waals surface area contributed by atoms with Crippen molar-refractivity contribution in [1.82, 2.24) is 0 Å². The summed E-state index contributed by atoms with van der Waals surface area (Å²) in [6.45, 7) is 3.85. The maximum absolute atomic E-state index is 9.40. The van der Waals surface area contributed by atoms with Crippen LogP contribution in [0.5, 0.6) is 0 Å². The number of rotatable bonds is 2. The van der Waals surface area contributed by atoms with Crippen LogP contribution in [0.2, 0.25) is 0 Å². The molecule has 72 valence electrons. The lowest BCUT2D eigenvalue weighted by Gasteiger charge is -2.17. The summed E-state index contributed by atoms with van der Waals surface area (Å²) in [4.78, 5) is 2.06. The monoisotopic (exact) mass is 179 g/mol. The number of hydrogen-bond acceptors (Lipinski definition) is 2. The minimum Gasteiger partial charge on any atom is -0.389 e. The summed E-state index contributed by atoms with van der Waals surface area (Å²) in [5.74, 6) is 0. The number of benzene rings is 1. The van der Waals surface area contributed by atoms with Gasteiger partial charge >= 0.3 is 0 Å². The van der Waals surface area contributed by atoms with E-state index in [4.69, 9.17) is 0 Å². The van der Waals surface area contributed by atoms with Crippen LogP contribution < -0.4 is 4.90 Å². The van der Waals surface area contributed by atoms with Gasteiger partial charge in [0.1, 0.15) is 0 Å². The molecule has 0 fully saturated rings. The van der Waals surface area contributed by atoms with Crippen LogP contribution in [0, 0.1) is 6.92 Å². The van der Waals surface area contributed by atoms with Crippen molar-refractivity contribution in [2.45, 2.75) is 20.0 Å². The average Bonchev–Trinajstić information content (AvgIpc) is 2.04. The molecule has 0 amide bonds. The maximum Gasteiger partial charge on any atom is 0.0762 e. The van der Waals surface area contributed by atoms with E-state index in [9.17, 15) is 5.11 Å². The highest BCUT2D eigenvalue weighted by atomic mass is 16.3. The van der Waals surface area contributed by atoms with E-state index in [1.165, 1.54) is 11.3 Å². The molecule has 0 saturated carbocycles. The van der Waals surface area contributed by atoms with Crippen LogP contribution in [0.15, 0.2) is 18.2 Å². The summed E-state index contributed by atoms with van der Waals surface area (Å²) in [6.07, 6.45) is -0.390. The molecule has 13 heavy (non-hydrogen) atoms. The van der Waals surface area contributed by atoms with Gasteiger partial charge in [0, 0.05) is 19.8 Å². The molecule has 2 heteroatoms. The van der Waals surface area contributed by atoms with Gasteiger partial charge in [-0.1, -0.05) is 12.1 Å². The van der Waals surface area contributed by atoms with Gasteiger partial charge in [-0.2, -0.15) is 0 Å². The number of nitrogens with zero attached hydrogens (tertiary/aromatic N) is 1. The van der Waals surface area contributed by atoms with E-state index < -0.39 is 0 Å². The molecule has 2 nitrogen and oxygen atoms in total. The van der Waals surface area contributed by atoms with Gasteiger partial charge in [-0.3, -0.25) is 0 Å². The van der Waals surface area contributed by atoms with Crippen molar-refractivity contribution in [1.29, 1.82) is 0 Å². The van der Waals surface area contributed by atoms with Gasteiger partial charge in [-0.05, 0) is 31.0 Å². The fraction of sp³-hybridized carbons (Fsp3) is 0.455. The lowest BCUT2D eigenvalue weighted by Crippen LogP contribution is -2.10. The summed E-state index contributed by atoms with van der Waals surface area (Å²) in [7, 11) is 4.02. The topological polar surface area (TPSA) is 23.5 Å². The second-order valence-corrected chi connectivity index (χ2v) is 3.62. The van der Waals surface area contributed by atoms with Gasteiger partial charge in [-0.15, -0.1) is 0 Å². The molecular formula is C11H17NO. The van der Waals surface area contributed by atoms with Crippen molar-refractivity contribution in [2.75, 3.05) is 19.0 Å². The van der Waals surface area contributed by atoms with Crippen LogP contribution in [0.25, 0.3) is 0 Å². The third-order valence-electron chi connectivity index (χ3n) is 2.20. The van der Waals surface area contributed by atoms with Gasteiger partial charge in [-0.25, -0.2) is 0 Å². The Balaban J connectivity index is 3.11. The number of anilines is 1. The zero-order chi connectivity index (χ0) is 10.0. The summed E-state index contributed by atoms with van der Waals surface area (Å²) < 4.78 is 0. The van der Waals surface area contributed by atoms with Crippen LogP contribution in [0.1, 0.15) is 24.2 Å². The van der Waals surface area contributed by atoms with Crippen LogP contribution in [-0.2, 0) is 0 Å². The minimum absolute atomic E-state index is 0.390. The van der Waals surface area contributed by atoms with E-state index in [-0.39, 0.29) is 6.10 Å². The van der Waals surface area contributed by atoms with Crippen molar-refractivity contribution < 1.29 is 5.11 Å². The Morgan fingerprint density at radius 1 is 1.31 bits per heavy atom. The van der Waals surface area contributed by atoms with Crippen molar-refractivity contribution in [3.8, 4) is 0 Å². The summed E-state index contributed by atoms with van der Waals surface area (Å²) in [6, 6.07) is 6.03. The van der Waals surface area contributed by atoms with E-state index >= 15 is 0 Å². The predicted octanol–water partition coefficient (Wildman–Crippen LogP) is 2.11. The smallest absolute Gasteiger partial charge is 0.0762 e. The van der Waals surface area contributed by atoms with E-state index in [1.54, 1.807) is 6.92 Å². The largest absolute Gasteiger partial charge is 0.389 e. The lowest BCUT2D eigenvalue weighted by molar-refractivity contribution is 0.199. The maximum atomic E-state index is 9.40. The average molecular weight is 179 g/mol. The molecule has 0 radical (unpaired) electrons. The highest BCUT2D eigenvalue weighted by Gasteiger charge is 2.05. The Bertz CT molecular complexity index is 292. The van der Waals surface area contributed by atoms with Gasteiger partial charge in [0.15, 0.2) is 0 Å². The first-order chi connectivity index (χ1) is 6.02. The van der Waals surface area contributed by atoms with Crippen molar-refractivity contribution in [3.05, 3.63) is 29.3 Å². The molecule has 0 heterocycles. The van der Waals surface area contributed by atoms with Crippen molar-refractivity contribution >= 4 is 5.69 Å². The molecule has 1 N–H and O–H groups in total. The Morgan fingerprint density at radius 3 is 2.38 bits per heavy atom.